The quantitative estimate of drug-likeness (QED) is 0.535. The number of pyridine rings is 1. The van der Waals surface area contributed by atoms with Crippen LogP contribution < -0.4 is 14.2 Å². The van der Waals surface area contributed by atoms with E-state index in [0.717, 1.165) is 0 Å². The minimum atomic E-state index is -2.92. The number of fused-ring (bicyclic) bond motifs is 1. The van der Waals surface area contributed by atoms with Crippen LogP contribution in [0.15, 0.2) is 35.6 Å². The van der Waals surface area contributed by atoms with Crippen LogP contribution in [0.1, 0.15) is 5.69 Å². The Morgan fingerprint density at radius 3 is 2.52 bits per heavy atom. The summed E-state index contributed by atoms with van der Waals surface area (Å²) in [5, 5.41) is 0.195. The standard InChI is InChI=1S/C16H15F2N3O4S.Mg.2H2O/c1-23-13-5-6-19-12(14(13)24-2)8-26(22)16-20-10-4-3-9(25-15(17)18)7-11(10)21-16;;;/h3-7,15H,8H2,1-2H3,(H,20,21);;2*1H2. The molecule has 156 valence electrons. The lowest BCUT2D eigenvalue weighted by Gasteiger charge is -2.10. The lowest BCUT2D eigenvalue weighted by molar-refractivity contribution is -0.0497. The molecule has 0 saturated heterocycles. The van der Waals surface area contributed by atoms with Crippen molar-refractivity contribution >= 4 is 44.9 Å². The number of ether oxygens (including phenoxy) is 3. The van der Waals surface area contributed by atoms with Gasteiger partial charge in [-0.05, 0) is 12.1 Å². The Hall–Kier alpha value is -2.06. The summed E-state index contributed by atoms with van der Waals surface area (Å²) in [6.45, 7) is -2.92. The number of rotatable bonds is 7. The molecule has 29 heavy (non-hydrogen) atoms. The number of aromatic amines is 1. The SMILES string of the molecule is COc1ccnc(CS(=O)c2nc3ccc(OC(F)F)cc3[nH]2)c1OC.O.O.[Mg]. The fraction of sp³-hybridized carbons (Fsp3) is 0.250. The second-order valence-electron chi connectivity index (χ2n) is 5.08. The number of H-pyrrole nitrogens is 1. The molecule has 0 fully saturated rings. The average Bonchev–Trinajstić information content (AvgIpc) is 3.04. The molecule has 2 radical (unpaired) electrons. The molecule has 0 aliphatic heterocycles. The van der Waals surface area contributed by atoms with E-state index in [4.69, 9.17) is 9.47 Å². The van der Waals surface area contributed by atoms with E-state index >= 15 is 0 Å². The molecule has 5 N–H and O–H groups in total. The first kappa shape index (κ1) is 26.9. The number of imidazole rings is 1. The van der Waals surface area contributed by atoms with Crippen LogP contribution in [0, 0.1) is 0 Å². The number of hydrogen-bond acceptors (Lipinski definition) is 6. The summed E-state index contributed by atoms with van der Waals surface area (Å²) in [5.41, 5.74) is 1.38. The molecule has 1 aromatic carbocycles. The van der Waals surface area contributed by atoms with Crippen LogP contribution in [0.25, 0.3) is 11.0 Å². The van der Waals surface area contributed by atoms with Gasteiger partial charge in [0.05, 0.1) is 47.5 Å². The first-order chi connectivity index (χ1) is 12.5. The second-order valence-corrected chi connectivity index (χ2v) is 6.45. The van der Waals surface area contributed by atoms with Gasteiger partial charge >= 0.3 is 6.61 Å². The summed E-state index contributed by atoms with van der Waals surface area (Å²) in [4.78, 5) is 11.3. The van der Waals surface area contributed by atoms with Gasteiger partial charge in [0.25, 0.3) is 0 Å². The van der Waals surface area contributed by atoms with E-state index in [0.29, 0.717) is 28.2 Å². The molecule has 9 nitrogen and oxygen atoms in total. The van der Waals surface area contributed by atoms with E-state index in [2.05, 4.69) is 19.7 Å². The highest BCUT2D eigenvalue weighted by atomic mass is 32.2. The maximum atomic E-state index is 12.6. The lowest BCUT2D eigenvalue weighted by atomic mass is 10.3. The first-order valence-electron chi connectivity index (χ1n) is 7.40. The van der Waals surface area contributed by atoms with Crippen molar-refractivity contribution in [3.63, 3.8) is 0 Å². The third-order valence-electron chi connectivity index (χ3n) is 3.51. The number of alkyl halides is 2. The highest BCUT2D eigenvalue weighted by Gasteiger charge is 2.17. The number of methoxy groups -OCH3 is 2. The van der Waals surface area contributed by atoms with Crippen LogP contribution >= 0.6 is 0 Å². The van der Waals surface area contributed by atoms with Gasteiger partial charge in [0, 0.05) is 41.4 Å². The van der Waals surface area contributed by atoms with Gasteiger partial charge in [0.15, 0.2) is 16.7 Å². The van der Waals surface area contributed by atoms with Gasteiger partial charge < -0.3 is 30.1 Å². The smallest absolute Gasteiger partial charge is 0.387 e. The van der Waals surface area contributed by atoms with E-state index in [1.165, 1.54) is 38.6 Å². The topological polar surface area (TPSA) is 149 Å². The molecular formula is C16H19F2MgN3O6S. The highest BCUT2D eigenvalue weighted by Crippen LogP contribution is 2.30. The molecule has 0 aliphatic carbocycles. The summed E-state index contributed by atoms with van der Waals surface area (Å²) in [5.74, 6) is 0.908. The summed E-state index contributed by atoms with van der Waals surface area (Å²) in [6, 6.07) is 5.89. The monoisotopic (exact) mass is 443 g/mol. The third-order valence-corrected chi connectivity index (χ3v) is 4.67. The van der Waals surface area contributed by atoms with Crippen LogP contribution in [0.4, 0.5) is 8.78 Å². The Morgan fingerprint density at radius 1 is 1.17 bits per heavy atom. The van der Waals surface area contributed by atoms with Crippen molar-refractivity contribution in [3.05, 3.63) is 36.2 Å². The number of nitrogens with one attached hydrogen (secondary N) is 1. The van der Waals surface area contributed by atoms with Gasteiger partial charge in [0.1, 0.15) is 5.75 Å². The summed E-state index contributed by atoms with van der Waals surface area (Å²) < 4.78 is 52.1. The van der Waals surface area contributed by atoms with E-state index in [1.54, 1.807) is 6.07 Å². The maximum absolute atomic E-state index is 12.6. The highest BCUT2D eigenvalue weighted by molar-refractivity contribution is 7.84. The van der Waals surface area contributed by atoms with E-state index in [1.807, 2.05) is 0 Å². The van der Waals surface area contributed by atoms with Crippen molar-refractivity contribution in [2.24, 2.45) is 0 Å². The fourth-order valence-corrected chi connectivity index (χ4v) is 3.41. The molecule has 2 aromatic heterocycles. The lowest BCUT2D eigenvalue weighted by Crippen LogP contribution is -2.04. The van der Waals surface area contributed by atoms with Crippen molar-refractivity contribution < 1.29 is 38.2 Å². The number of aromatic nitrogens is 3. The minimum Gasteiger partial charge on any atom is -0.493 e. The van der Waals surface area contributed by atoms with Crippen molar-refractivity contribution in [1.82, 2.24) is 15.0 Å². The largest absolute Gasteiger partial charge is 0.493 e. The number of benzene rings is 1. The molecule has 0 spiro atoms. The Labute approximate surface area is 183 Å². The molecule has 3 rings (SSSR count). The van der Waals surface area contributed by atoms with Gasteiger partial charge in [-0.25, -0.2) is 4.98 Å². The van der Waals surface area contributed by atoms with Crippen LogP contribution in [-0.4, -0.2) is 74.0 Å². The van der Waals surface area contributed by atoms with Crippen LogP contribution in [0.5, 0.6) is 17.2 Å². The zero-order chi connectivity index (χ0) is 18.7. The normalized spacial score (nSPS) is 11.1. The van der Waals surface area contributed by atoms with Gasteiger partial charge in [-0.1, -0.05) is 0 Å². The average molecular weight is 444 g/mol. The Balaban J connectivity index is 0.00000261. The zero-order valence-corrected chi connectivity index (χ0v) is 17.8. The van der Waals surface area contributed by atoms with Crippen molar-refractivity contribution in [2.45, 2.75) is 17.5 Å². The molecule has 1 unspecified atom stereocenters. The fourth-order valence-electron chi connectivity index (χ4n) is 2.40. The number of nitrogens with zero attached hydrogens (tertiary/aromatic N) is 2. The van der Waals surface area contributed by atoms with Gasteiger partial charge in [-0.15, -0.1) is 0 Å². The maximum Gasteiger partial charge on any atom is 0.387 e. The van der Waals surface area contributed by atoms with Gasteiger partial charge in [0.2, 0.25) is 0 Å². The van der Waals surface area contributed by atoms with Crippen molar-refractivity contribution in [1.29, 1.82) is 0 Å². The molecule has 1 atom stereocenters. The number of halogens is 2. The Kier molecular flexibility index (Phi) is 11.0. The molecule has 0 saturated carbocycles. The zero-order valence-electron chi connectivity index (χ0n) is 15.6. The Bertz CT molecular complexity index is 960. The molecule has 0 aliphatic rings. The first-order valence-corrected chi connectivity index (χ1v) is 8.72. The molecular weight excluding hydrogens is 425 g/mol. The van der Waals surface area contributed by atoms with Crippen molar-refractivity contribution in [2.75, 3.05) is 14.2 Å². The van der Waals surface area contributed by atoms with Crippen molar-refractivity contribution in [3.8, 4) is 17.2 Å². The summed E-state index contributed by atoms with van der Waals surface area (Å²) in [7, 11) is 1.41. The minimum absolute atomic E-state index is 0. The second kappa shape index (κ2) is 11.8. The third kappa shape index (κ3) is 6.21. The molecule has 0 bridgehead atoms. The van der Waals surface area contributed by atoms with Crippen LogP contribution in [0.3, 0.4) is 0 Å². The van der Waals surface area contributed by atoms with Crippen LogP contribution in [-0.2, 0) is 16.6 Å². The predicted octanol–water partition coefficient (Wildman–Crippen LogP) is 0.854. The van der Waals surface area contributed by atoms with Crippen LogP contribution in [0.2, 0.25) is 0 Å². The Morgan fingerprint density at radius 2 is 1.90 bits per heavy atom. The molecule has 2 heterocycles. The number of hydrogen-bond donors (Lipinski definition) is 1. The van der Waals surface area contributed by atoms with E-state index in [-0.39, 0.29) is 50.7 Å². The van der Waals surface area contributed by atoms with Gasteiger partial charge in [-0.2, -0.15) is 8.78 Å². The predicted molar refractivity (Wildman–Crippen MR) is 103 cm³/mol. The van der Waals surface area contributed by atoms with E-state index in [9.17, 15) is 13.0 Å². The summed E-state index contributed by atoms with van der Waals surface area (Å²) in [6.07, 6.45) is 1.53. The molecule has 3 aromatic rings. The molecule has 0 amide bonds. The summed E-state index contributed by atoms with van der Waals surface area (Å²) >= 11 is 0. The van der Waals surface area contributed by atoms with Gasteiger partial charge in [-0.3, -0.25) is 9.19 Å². The van der Waals surface area contributed by atoms with E-state index < -0.39 is 17.4 Å². The molecule has 13 heteroatoms.